The van der Waals surface area contributed by atoms with Crippen LogP contribution in [0.3, 0.4) is 0 Å². The minimum Gasteiger partial charge on any atom is -0.481 e. The molecular weight excluding hydrogens is 292 g/mol. The molecule has 118 valence electrons. The number of carbonyl (C=O) groups is 1. The third-order valence-corrected chi connectivity index (χ3v) is 4.59. The number of aliphatic hydroxyl groups is 1. The van der Waals surface area contributed by atoms with Crippen LogP contribution >= 0.6 is 11.8 Å². The number of hydrogen-bond donors (Lipinski definition) is 2. The summed E-state index contributed by atoms with van der Waals surface area (Å²) in [5, 5.41) is 26.8. The van der Waals surface area contributed by atoms with Crippen LogP contribution in [0, 0.1) is 0 Å². The molecule has 1 aromatic rings. The molecule has 8 heteroatoms. The largest absolute Gasteiger partial charge is 0.481 e. The maximum atomic E-state index is 10.7. The van der Waals surface area contributed by atoms with Gasteiger partial charge in [0.2, 0.25) is 0 Å². The smallest absolute Gasteiger partial charge is 0.313 e. The van der Waals surface area contributed by atoms with E-state index in [-0.39, 0.29) is 18.4 Å². The van der Waals surface area contributed by atoms with Crippen LogP contribution in [0.1, 0.15) is 38.1 Å². The molecule has 1 aromatic heterocycles. The van der Waals surface area contributed by atoms with E-state index in [4.69, 9.17) is 5.11 Å². The highest BCUT2D eigenvalue weighted by Crippen LogP contribution is 2.29. The van der Waals surface area contributed by atoms with E-state index in [0.29, 0.717) is 11.0 Å². The average Bonchev–Trinajstić information content (AvgIpc) is 2.89. The molecule has 0 atom stereocenters. The summed E-state index contributed by atoms with van der Waals surface area (Å²) < 4.78 is 1.93. The highest BCUT2D eigenvalue weighted by Gasteiger charge is 2.25. The molecule has 2 rings (SSSR count). The summed E-state index contributed by atoms with van der Waals surface area (Å²) in [5.41, 5.74) is 0. The molecule has 21 heavy (non-hydrogen) atoms. The lowest BCUT2D eigenvalue weighted by Gasteiger charge is -2.33. The van der Waals surface area contributed by atoms with Crippen LogP contribution < -0.4 is 0 Å². The molecule has 0 radical (unpaired) electrons. The monoisotopic (exact) mass is 314 g/mol. The fourth-order valence-electron chi connectivity index (χ4n) is 2.72. The third kappa shape index (κ3) is 4.18. The van der Waals surface area contributed by atoms with Gasteiger partial charge in [-0.25, -0.2) is 0 Å². The van der Waals surface area contributed by atoms with Crippen LogP contribution in [0.5, 0.6) is 0 Å². The lowest BCUT2D eigenvalue weighted by molar-refractivity contribution is -0.133. The average molecular weight is 314 g/mol. The Morgan fingerprint density at radius 2 is 2.10 bits per heavy atom. The minimum absolute atomic E-state index is 0.0434. The quantitative estimate of drug-likeness (QED) is 0.725. The molecule has 2 N–H and O–H groups in total. The molecule has 0 aliphatic carbocycles. The summed E-state index contributed by atoms with van der Waals surface area (Å²) in [4.78, 5) is 13.2. The number of rotatable bonds is 7. The predicted octanol–water partition coefficient (Wildman–Crippen LogP) is 0.994. The van der Waals surface area contributed by atoms with Gasteiger partial charge in [0.25, 0.3) is 0 Å². The zero-order chi connectivity index (χ0) is 15.2. The van der Waals surface area contributed by atoms with Gasteiger partial charge in [-0.1, -0.05) is 18.7 Å². The van der Waals surface area contributed by atoms with Crippen molar-refractivity contribution >= 4 is 17.7 Å². The molecule has 7 nitrogen and oxygen atoms in total. The Morgan fingerprint density at radius 3 is 2.67 bits per heavy atom. The Kier molecular flexibility index (Phi) is 6.01. The summed E-state index contributed by atoms with van der Waals surface area (Å²) in [6.45, 7) is 5.16. The highest BCUT2D eigenvalue weighted by atomic mass is 32.2. The van der Waals surface area contributed by atoms with Gasteiger partial charge in [-0.15, -0.1) is 10.2 Å². The van der Waals surface area contributed by atoms with E-state index in [0.717, 1.165) is 50.7 Å². The number of carboxylic acids is 1. The van der Waals surface area contributed by atoms with Gasteiger partial charge in [0.1, 0.15) is 6.61 Å². The molecular formula is C13H22N4O3S. The van der Waals surface area contributed by atoms with E-state index < -0.39 is 5.97 Å². The van der Waals surface area contributed by atoms with Crippen molar-refractivity contribution in [3.05, 3.63) is 5.82 Å². The molecule has 0 bridgehead atoms. The number of nitrogens with zero attached hydrogens (tertiary/aromatic N) is 4. The predicted molar refractivity (Wildman–Crippen MR) is 79.3 cm³/mol. The Hall–Kier alpha value is -1.12. The van der Waals surface area contributed by atoms with Crippen molar-refractivity contribution < 1.29 is 15.0 Å². The van der Waals surface area contributed by atoms with Gasteiger partial charge in [0, 0.05) is 19.1 Å². The Bertz CT molecular complexity index is 472. The van der Waals surface area contributed by atoms with Crippen molar-refractivity contribution in [2.75, 3.05) is 25.4 Å². The Labute approximate surface area is 128 Å². The molecule has 0 aromatic carbocycles. The maximum absolute atomic E-state index is 10.7. The number of aliphatic carboxylic acids is 1. The lowest BCUT2D eigenvalue weighted by Crippen LogP contribution is -2.35. The summed E-state index contributed by atoms with van der Waals surface area (Å²) >= 11 is 1.16. The fourth-order valence-corrected chi connectivity index (χ4v) is 3.47. The first-order valence-electron chi connectivity index (χ1n) is 7.27. The normalized spacial score (nSPS) is 17.2. The zero-order valence-corrected chi connectivity index (χ0v) is 13.1. The maximum Gasteiger partial charge on any atom is 0.313 e. The van der Waals surface area contributed by atoms with Crippen molar-refractivity contribution in [1.29, 1.82) is 0 Å². The second-order valence-corrected chi connectivity index (χ2v) is 6.12. The Balaban J connectivity index is 2.07. The molecule has 0 amide bonds. The van der Waals surface area contributed by atoms with Crippen LogP contribution in [0.2, 0.25) is 0 Å². The van der Waals surface area contributed by atoms with Gasteiger partial charge >= 0.3 is 5.97 Å². The van der Waals surface area contributed by atoms with Crippen LogP contribution in [-0.2, 0) is 11.4 Å². The van der Waals surface area contributed by atoms with Crippen molar-refractivity contribution in [3.63, 3.8) is 0 Å². The highest BCUT2D eigenvalue weighted by molar-refractivity contribution is 7.99. The third-order valence-electron chi connectivity index (χ3n) is 3.66. The van der Waals surface area contributed by atoms with Crippen LogP contribution in [0.25, 0.3) is 0 Å². The number of hydrogen-bond acceptors (Lipinski definition) is 6. The molecule has 1 aliphatic rings. The summed E-state index contributed by atoms with van der Waals surface area (Å²) in [6, 6.07) is 0.242. The second kappa shape index (κ2) is 7.77. The lowest BCUT2D eigenvalue weighted by atomic mass is 10.0. The van der Waals surface area contributed by atoms with E-state index in [9.17, 15) is 9.90 Å². The van der Waals surface area contributed by atoms with Crippen LogP contribution in [0.4, 0.5) is 0 Å². The van der Waals surface area contributed by atoms with Crippen LogP contribution in [0.15, 0.2) is 5.16 Å². The van der Waals surface area contributed by atoms with Gasteiger partial charge < -0.3 is 19.7 Å². The Morgan fingerprint density at radius 1 is 1.38 bits per heavy atom. The van der Waals surface area contributed by atoms with Crippen LogP contribution in [-0.4, -0.2) is 61.2 Å². The zero-order valence-electron chi connectivity index (χ0n) is 12.2. The van der Waals surface area contributed by atoms with E-state index in [1.165, 1.54) is 0 Å². The summed E-state index contributed by atoms with van der Waals surface area (Å²) in [7, 11) is 0. The molecule has 1 saturated heterocycles. The van der Waals surface area contributed by atoms with Crippen molar-refractivity contribution in [2.24, 2.45) is 0 Å². The first kappa shape index (κ1) is 16.3. The van der Waals surface area contributed by atoms with E-state index in [1.54, 1.807) is 0 Å². The van der Waals surface area contributed by atoms with Gasteiger partial charge in [0.05, 0.1) is 5.75 Å². The SMILES string of the molecule is CCCN1CCC(n2c(CO)nnc2SCC(=O)O)CC1. The van der Waals surface area contributed by atoms with Crippen molar-refractivity contribution in [3.8, 4) is 0 Å². The summed E-state index contributed by atoms with van der Waals surface area (Å²) in [6.07, 6.45) is 3.11. The number of likely N-dealkylation sites (tertiary alicyclic amines) is 1. The number of aromatic nitrogens is 3. The number of aliphatic hydroxyl groups excluding tert-OH is 1. The van der Waals surface area contributed by atoms with Crippen molar-refractivity contribution in [1.82, 2.24) is 19.7 Å². The first-order chi connectivity index (χ1) is 10.2. The number of carboxylic acid groups (broad SMARTS) is 1. The first-order valence-corrected chi connectivity index (χ1v) is 8.25. The van der Waals surface area contributed by atoms with E-state index in [2.05, 4.69) is 22.0 Å². The van der Waals surface area contributed by atoms with Crippen molar-refractivity contribution in [2.45, 2.75) is 44.0 Å². The van der Waals surface area contributed by atoms with Gasteiger partial charge in [0.15, 0.2) is 11.0 Å². The minimum atomic E-state index is -0.877. The number of thioether (sulfide) groups is 1. The molecule has 0 unspecified atom stereocenters. The van der Waals surface area contributed by atoms with E-state index in [1.807, 2.05) is 4.57 Å². The molecule has 1 fully saturated rings. The molecule has 0 saturated carbocycles. The summed E-state index contributed by atoms with van der Waals surface area (Å²) in [5.74, 6) is -0.396. The van der Waals surface area contributed by atoms with Gasteiger partial charge in [-0.3, -0.25) is 4.79 Å². The van der Waals surface area contributed by atoms with E-state index >= 15 is 0 Å². The topological polar surface area (TPSA) is 91.5 Å². The second-order valence-electron chi connectivity index (χ2n) is 5.18. The van der Waals surface area contributed by atoms with Gasteiger partial charge in [-0.05, 0) is 25.8 Å². The molecule has 1 aliphatic heterocycles. The standard InChI is InChI=1S/C13H22N4O3S/c1-2-5-16-6-3-10(4-7-16)17-11(8-18)14-15-13(17)21-9-12(19)20/h10,18H,2-9H2,1H3,(H,19,20). The molecule has 2 heterocycles. The fraction of sp³-hybridized carbons (Fsp3) is 0.769. The van der Waals surface area contributed by atoms with Gasteiger partial charge in [-0.2, -0.15) is 0 Å². The molecule has 0 spiro atoms. The number of piperidine rings is 1.